The summed E-state index contributed by atoms with van der Waals surface area (Å²) in [5.74, 6) is 0.723. The van der Waals surface area contributed by atoms with Gasteiger partial charge in [0.05, 0.1) is 5.71 Å². The maximum absolute atomic E-state index is 12.4. The zero-order valence-corrected chi connectivity index (χ0v) is 19.8. The molecule has 5 nitrogen and oxygen atoms in total. The lowest BCUT2D eigenvalue weighted by Crippen LogP contribution is -2.27. The number of rotatable bonds is 7. The van der Waals surface area contributed by atoms with Gasteiger partial charge in [-0.15, -0.1) is 0 Å². The number of carbonyl (C=O) groups is 1. The van der Waals surface area contributed by atoms with Gasteiger partial charge in [0, 0.05) is 6.42 Å². The van der Waals surface area contributed by atoms with Crippen molar-refractivity contribution in [2.45, 2.75) is 38.7 Å². The maximum atomic E-state index is 12.4. The second kappa shape index (κ2) is 10.1. The summed E-state index contributed by atoms with van der Waals surface area (Å²) in [6, 6.07) is 25.1. The van der Waals surface area contributed by atoms with Crippen LogP contribution in [-0.2, 0) is 10.4 Å². The number of aryl methyl sites for hydroxylation is 1. The molecule has 1 atom stereocenters. The summed E-state index contributed by atoms with van der Waals surface area (Å²) in [4.78, 5) is 12.4. The lowest BCUT2D eigenvalue weighted by Gasteiger charge is -2.27. The summed E-state index contributed by atoms with van der Waals surface area (Å²) in [7, 11) is 0. The number of nitrogens with zero attached hydrogens (tertiary/aromatic N) is 1. The molecule has 1 unspecified atom stereocenters. The van der Waals surface area contributed by atoms with Crippen LogP contribution in [0.4, 0.5) is 0 Å². The first kappa shape index (κ1) is 23.5. The van der Waals surface area contributed by atoms with Crippen molar-refractivity contribution in [3.8, 4) is 5.75 Å². The Morgan fingerprint density at radius 1 is 1.06 bits per heavy atom. The van der Waals surface area contributed by atoms with Gasteiger partial charge < -0.3 is 9.84 Å². The van der Waals surface area contributed by atoms with Crippen LogP contribution in [0.1, 0.15) is 48.4 Å². The molecule has 0 saturated heterocycles. The number of aliphatic hydroxyl groups is 1. The van der Waals surface area contributed by atoms with E-state index in [4.69, 9.17) is 4.74 Å². The van der Waals surface area contributed by atoms with Gasteiger partial charge >= 0.3 is 0 Å². The lowest BCUT2D eigenvalue weighted by molar-refractivity contribution is -0.123. The molecule has 174 valence electrons. The fourth-order valence-corrected chi connectivity index (χ4v) is 4.38. The lowest BCUT2D eigenvalue weighted by atomic mass is 9.84. The van der Waals surface area contributed by atoms with Crippen molar-refractivity contribution in [3.63, 3.8) is 0 Å². The normalized spacial score (nSPS) is 18.7. The Bertz CT molecular complexity index is 1220. The molecule has 2 N–H and O–H groups in total. The number of carbonyl (C=O) groups excluding carboxylic acids is 1. The highest BCUT2D eigenvalue weighted by molar-refractivity contribution is 6.08. The average Bonchev–Trinajstić information content (AvgIpc) is 3.20. The largest absolute Gasteiger partial charge is 0.484 e. The van der Waals surface area contributed by atoms with Crippen molar-refractivity contribution in [2.75, 3.05) is 6.61 Å². The van der Waals surface area contributed by atoms with Gasteiger partial charge in [0.1, 0.15) is 11.4 Å². The van der Waals surface area contributed by atoms with Crippen LogP contribution in [0.2, 0.25) is 0 Å². The second-order valence-electron chi connectivity index (χ2n) is 8.93. The van der Waals surface area contributed by atoms with Gasteiger partial charge in [0.25, 0.3) is 5.91 Å². The van der Waals surface area contributed by atoms with Crippen LogP contribution in [0.15, 0.2) is 90.0 Å². The van der Waals surface area contributed by atoms with Gasteiger partial charge in [0.2, 0.25) is 0 Å². The van der Waals surface area contributed by atoms with Crippen LogP contribution in [0, 0.1) is 6.92 Å². The first-order valence-electron chi connectivity index (χ1n) is 11.5. The fourth-order valence-electron chi connectivity index (χ4n) is 4.38. The molecule has 4 rings (SSSR count). The molecule has 0 aromatic heterocycles. The van der Waals surface area contributed by atoms with Crippen molar-refractivity contribution in [3.05, 3.63) is 107 Å². The van der Waals surface area contributed by atoms with Crippen molar-refractivity contribution < 1.29 is 14.6 Å². The van der Waals surface area contributed by atoms with Crippen LogP contribution in [0.3, 0.4) is 0 Å². The van der Waals surface area contributed by atoms with E-state index in [-0.39, 0.29) is 18.9 Å². The quantitative estimate of drug-likeness (QED) is 0.473. The third-order valence-electron chi connectivity index (χ3n) is 6.09. The predicted octanol–water partition coefficient (Wildman–Crippen LogP) is 5.34. The van der Waals surface area contributed by atoms with E-state index in [1.54, 1.807) is 0 Å². The summed E-state index contributed by atoms with van der Waals surface area (Å²) >= 11 is 0. The van der Waals surface area contributed by atoms with Gasteiger partial charge in [0.15, 0.2) is 6.61 Å². The minimum absolute atomic E-state index is 0.143. The molecule has 3 aromatic carbocycles. The van der Waals surface area contributed by atoms with Crippen LogP contribution >= 0.6 is 0 Å². The number of ether oxygens (including phenoxy) is 1. The molecule has 1 amide bonds. The van der Waals surface area contributed by atoms with E-state index in [9.17, 15) is 9.90 Å². The number of allylic oxidation sites excluding steroid dienone is 1. The number of benzene rings is 3. The Kier molecular flexibility index (Phi) is 6.94. The van der Waals surface area contributed by atoms with E-state index >= 15 is 0 Å². The molecular weight excluding hydrogens is 424 g/mol. The predicted molar refractivity (Wildman–Crippen MR) is 136 cm³/mol. The molecule has 0 bridgehead atoms. The Labute approximate surface area is 200 Å². The molecule has 0 saturated carbocycles. The summed E-state index contributed by atoms with van der Waals surface area (Å²) in [5.41, 5.74) is 6.78. The number of hydrogen-bond donors (Lipinski definition) is 2. The van der Waals surface area contributed by atoms with Crippen LogP contribution < -0.4 is 10.2 Å². The number of amides is 1. The minimum Gasteiger partial charge on any atom is -0.484 e. The summed E-state index contributed by atoms with van der Waals surface area (Å²) in [6.07, 6.45) is 2.11. The van der Waals surface area contributed by atoms with Crippen molar-refractivity contribution in [2.24, 2.45) is 5.10 Å². The van der Waals surface area contributed by atoms with Gasteiger partial charge in [-0.2, -0.15) is 5.10 Å². The van der Waals surface area contributed by atoms with Gasteiger partial charge in [-0.25, -0.2) is 5.43 Å². The summed E-state index contributed by atoms with van der Waals surface area (Å²) in [5, 5.41) is 16.0. The van der Waals surface area contributed by atoms with E-state index in [0.29, 0.717) is 17.4 Å². The molecule has 1 aliphatic carbocycles. The number of hydrazone groups is 1. The zero-order chi connectivity index (χ0) is 24.1. The Balaban J connectivity index is 1.47. The number of nitrogens with one attached hydrogen (secondary N) is 1. The van der Waals surface area contributed by atoms with Crippen molar-refractivity contribution >= 4 is 17.2 Å². The molecule has 0 aliphatic heterocycles. The molecule has 1 aliphatic rings. The Hall–Kier alpha value is -3.70. The highest BCUT2D eigenvalue weighted by atomic mass is 16.5. The van der Waals surface area contributed by atoms with Crippen LogP contribution in [-0.4, -0.2) is 23.3 Å². The van der Waals surface area contributed by atoms with Crippen LogP contribution in [0.25, 0.3) is 5.57 Å². The van der Waals surface area contributed by atoms with Gasteiger partial charge in [-0.1, -0.05) is 80.6 Å². The number of hydrogen-bond acceptors (Lipinski definition) is 4. The Morgan fingerprint density at radius 3 is 2.38 bits per heavy atom. The van der Waals surface area contributed by atoms with E-state index in [1.807, 2.05) is 91.9 Å². The van der Waals surface area contributed by atoms with Gasteiger partial charge in [-0.05, 0) is 58.9 Å². The molecule has 0 heterocycles. The first-order valence-corrected chi connectivity index (χ1v) is 11.5. The SMILES string of the molecule is Cc1cc(OCC(=O)N/N=C2\C=C(c3ccccc3)C(O)(c3ccccc3)C2)ccc1C(C)C. The second-order valence-corrected chi connectivity index (χ2v) is 8.93. The van der Waals surface area contributed by atoms with E-state index in [0.717, 1.165) is 22.3 Å². The molecular formula is C29H30N2O3. The third-order valence-corrected chi connectivity index (χ3v) is 6.09. The molecule has 0 spiro atoms. The summed E-state index contributed by atoms with van der Waals surface area (Å²) < 4.78 is 5.65. The monoisotopic (exact) mass is 454 g/mol. The standard InChI is InChI=1S/C29H30N2O3/c1-20(2)26-15-14-25(16-21(26)3)34-19-28(32)31-30-24-17-27(22-10-6-4-7-11-22)29(33,18-24)23-12-8-5-9-13-23/h4-17,20,33H,18-19H2,1-3H3,(H,31,32)/b30-24+. The minimum atomic E-state index is -1.22. The van der Waals surface area contributed by atoms with Crippen molar-refractivity contribution in [1.29, 1.82) is 0 Å². The van der Waals surface area contributed by atoms with Crippen molar-refractivity contribution in [1.82, 2.24) is 5.43 Å². The topological polar surface area (TPSA) is 70.9 Å². The van der Waals surface area contributed by atoms with Crippen LogP contribution in [0.5, 0.6) is 5.75 Å². The van der Waals surface area contributed by atoms with E-state index in [2.05, 4.69) is 24.4 Å². The average molecular weight is 455 g/mol. The highest BCUT2D eigenvalue weighted by Gasteiger charge is 2.40. The molecule has 0 fully saturated rings. The van der Waals surface area contributed by atoms with Gasteiger partial charge in [-0.3, -0.25) is 4.79 Å². The molecule has 0 radical (unpaired) electrons. The highest BCUT2D eigenvalue weighted by Crippen LogP contribution is 2.43. The Morgan fingerprint density at radius 2 is 1.74 bits per heavy atom. The maximum Gasteiger partial charge on any atom is 0.277 e. The smallest absolute Gasteiger partial charge is 0.277 e. The zero-order valence-electron chi connectivity index (χ0n) is 19.8. The van der Waals surface area contributed by atoms with E-state index in [1.165, 1.54) is 5.56 Å². The molecule has 3 aromatic rings. The summed E-state index contributed by atoms with van der Waals surface area (Å²) in [6.45, 7) is 6.19. The fraction of sp³-hybridized carbons (Fsp3) is 0.241. The first-order chi connectivity index (χ1) is 16.4. The molecule has 34 heavy (non-hydrogen) atoms. The van der Waals surface area contributed by atoms with E-state index < -0.39 is 5.60 Å². The third kappa shape index (κ3) is 5.10. The molecule has 5 heteroatoms.